The zero-order chi connectivity index (χ0) is 21.1. The van der Waals surface area contributed by atoms with E-state index in [1.807, 2.05) is 0 Å². The Kier molecular flexibility index (Phi) is 6.53. The second-order valence-corrected chi connectivity index (χ2v) is 10.2. The number of hydrogen-bond acceptors (Lipinski definition) is 5. The van der Waals surface area contributed by atoms with E-state index in [9.17, 15) is 18.6 Å². The largest absolute Gasteiger partial charge is 1.00 e. The van der Waals surface area contributed by atoms with Gasteiger partial charge in [-0.3, -0.25) is 0 Å². The van der Waals surface area contributed by atoms with Gasteiger partial charge in [-0.05, 0) is 60.9 Å². The molecule has 1 unspecified atom stereocenters. The zero-order valence-corrected chi connectivity index (χ0v) is 22.4. The summed E-state index contributed by atoms with van der Waals surface area (Å²) in [5.74, 6) is 0.0143. The molecule has 0 saturated carbocycles. The second kappa shape index (κ2) is 8.24. The first-order chi connectivity index (χ1) is 13.6. The normalized spacial score (nSPS) is 19.2. The first-order valence-corrected chi connectivity index (χ1v) is 11.6. The minimum atomic E-state index is -4.10. The molecule has 0 saturated heterocycles. The standard InChI is InChI=1S/C21H16Br2O5S.Na.H/c1-11-3-4-13(8-18(11)24)21(14-7-17(23)12(2)19(25)9-14)16-6-5-15(22)10-20(16)29(26,27)28-21;;/h3-10,24-25H,1-2H3;;/q;+1;-1. The first kappa shape index (κ1) is 23.8. The molecule has 0 aromatic heterocycles. The van der Waals surface area contributed by atoms with Crippen molar-refractivity contribution in [3.63, 3.8) is 0 Å². The molecule has 30 heavy (non-hydrogen) atoms. The van der Waals surface area contributed by atoms with Crippen LogP contribution in [0.5, 0.6) is 11.5 Å². The topological polar surface area (TPSA) is 83.8 Å². The Labute approximate surface area is 215 Å². The number of hydrogen-bond donors (Lipinski definition) is 2. The van der Waals surface area contributed by atoms with Crippen LogP contribution in [0, 0.1) is 13.8 Å². The van der Waals surface area contributed by atoms with Gasteiger partial charge >= 0.3 is 29.6 Å². The van der Waals surface area contributed by atoms with E-state index in [2.05, 4.69) is 31.9 Å². The molecule has 0 amide bonds. The second-order valence-electron chi connectivity index (χ2n) is 6.96. The number of aromatic hydroxyl groups is 2. The maximum absolute atomic E-state index is 13.0. The van der Waals surface area contributed by atoms with Crippen molar-refractivity contribution >= 4 is 42.0 Å². The van der Waals surface area contributed by atoms with Crippen molar-refractivity contribution in [3.05, 3.63) is 85.3 Å². The van der Waals surface area contributed by atoms with Gasteiger partial charge in [0.1, 0.15) is 16.4 Å². The van der Waals surface area contributed by atoms with Gasteiger partial charge in [-0.1, -0.05) is 50.1 Å². The molecule has 3 aromatic carbocycles. The molecule has 0 aliphatic carbocycles. The SMILES string of the molecule is Cc1ccc(C2(c3cc(O)c(C)c(Br)c3)OS(=O)(=O)c3cc(Br)ccc32)cc1O.[H-].[Na+]. The quantitative estimate of drug-likeness (QED) is 0.369. The van der Waals surface area contributed by atoms with Gasteiger partial charge in [-0.25, -0.2) is 4.18 Å². The maximum atomic E-state index is 13.0. The predicted octanol–water partition coefficient (Wildman–Crippen LogP) is 2.37. The van der Waals surface area contributed by atoms with E-state index in [1.54, 1.807) is 44.2 Å². The van der Waals surface area contributed by atoms with Crippen molar-refractivity contribution in [2.24, 2.45) is 0 Å². The fourth-order valence-corrected chi connectivity index (χ4v) is 5.93. The van der Waals surface area contributed by atoms with Gasteiger partial charge in [-0.2, -0.15) is 8.42 Å². The summed E-state index contributed by atoms with van der Waals surface area (Å²) in [5, 5.41) is 20.8. The molecule has 1 heterocycles. The van der Waals surface area contributed by atoms with E-state index >= 15 is 0 Å². The Bertz CT molecular complexity index is 1260. The van der Waals surface area contributed by atoms with Crippen molar-refractivity contribution in [1.29, 1.82) is 0 Å². The van der Waals surface area contributed by atoms with Crippen LogP contribution in [0.1, 0.15) is 29.2 Å². The number of fused-ring (bicyclic) bond motifs is 1. The van der Waals surface area contributed by atoms with Gasteiger partial charge < -0.3 is 11.6 Å². The average molecular weight is 564 g/mol. The number of phenolic OH excluding ortho intramolecular Hbond substituents is 2. The van der Waals surface area contributed by atoms with Crippen LogP contribution >= 0.6 is 31.9 Å². The molecule has 0 radical (unpaired) electrons. The molecule has 9 heteroatoms. The monoisotopic (exact) mass is 562 g/mol. The summed E-state index contributed by atoms with van der Waals surface area (Å²) in [6.45, 7) is 3.49. The third-order valence-corrected chi connectivity index (χ3v) is 7.83. The van der Waals surface area contributed by atoms with E-state index < -0.39 is 15.7 Å². The van der Waals surface area contributed by atoms with E-state index in [0.717, 1.165) is 0 Å². The molecule has 1 atom stereocenters. The van der Waals surface area contributed by atoms with E-state index in [1.165, 1.54) is 18.2 Å². The van der Waals surface area contributed by atoms with Crippen LogP contribution in [0.25, 0.3) is 0 Å². The summed E-state index contributed by atoms with van der Waals surface area (Å²) in [6.07, 6.45) is 0. The molecular weight excluding hydrogens is 547 g/mol. The van der Waals surface area contributed by atoms with Crippen molar-refractivity contribution in [1.82, 2.24) is 0 Å². The molecule has 152 valence electrons. The van der Waals surface area contributed by atoms with E-state index in [-0.39, 0.29) is 47.4 Å². The van der Waals surface area contributed by atoms with Crippen LogP contribution < -0.4 is 29.6 Å². The number of aryl methyl sites for hydroxylation is 1. The summed E-state index contributed by atoms with van der Waals surface area (Å²) < 4.78 is 32.9. The fourth-order valence-electron chi connectivity index (χ4n) is 3.52. The number of benzene rings is 3. The Morgan fingerprint density at radius 2 is 1.60 bits per heavy atom. The summed E-state index contributed by atoms with van der Waals surface area (Å²) in [4.78, 5) is 0.0307. The van der Waals surface area contributed by atoms with Crippen molar-refractivity contribution in [2.45, 2.75) is 24.3 Å². The van der Waals surface area contributed by atoms with Crippen molar-refractivity contribution in [2.75, 3.05) is 0 Å². The summed E-state index contributed by atoms with van der Waals surface area (Å²) in [6, 6.07) is 13.0. The van der Waals surface area contributed by atoms with Crippen LogP contribution in [0.4, 0.5) is 0 Å². The predicted molar refractivity (Wildman–Crippen MR) is 117 cm³/mol. The minimum Gasteiger partial charge on any atom is -1.00 e. The molecule has 3 aromatic rings. The number of halogens is 2. The summed E-state index contributed by atoms with van der Waals surface area (Å²) >= 11 is 6.74. The average Bonchev–Trinajstić information content (AvgIpc) is 2.89. The first-order valence-electron chi connectivity index (χ1n) is 8.61. The van der Waals surface area contributed by atoms with Gasteiger partial charge in [0.05, 0.1) is 0 Å². The molecule has 5 nitrogen and oxygen atoms in total. The van der Waals surface area contributed by atoms with Crippen LogP contribution in [0.2, 0.25) is 0 Å². The summed E-state index contributed by atoms with van der Waals surface area (Å²) in [5.41, 5.74) is 0.953. The van der Waals surface area contributed by atoms with Crippen molar-refractivity contribution < 1.29 is 53.8 Å². The number of rotatable bonds is 2. The van der Waals surface area contributed by atoms with Crippen LogP contribution in [-0.2, 0) is 19.9 Å². The van der Waals surface area contributed by atoms with Gasteiger partial charge in [-0.15, -0.1) is 0 Å². The Balaban J connectivity index is 0.00000171. The minimum absolute atomic E-state index is 0. The number of phenols is 2. The molecule has 1 aliphatic heterocycles. The molecular formula is C21H17Br2NaO5S. The van der Waals surface area contributed by atoms with Crippen molar-refractivity contribution in [3.8, 4) is 11.5 Å². The smallest absolute Gasteiger partial charge is 1.00 e. The fraction of sp³-hybridized carbons (Fsp3) is 0.143. The van der Waals surface area contributed by atoms with E-state index in [4.69, 9.17) is 4.18 Å². The van der Waals surface area contributed by atoms with E-state index in [0.29, 0.717) is 36.8 Å². The Hall–Kier alpha value is -0.870. The van der Waals surface area contributed by atoms with Crippen LogP contribution in [0.15, 0.2) is 62.4 Å². The van der Waals surface area contributed by atoms with Crippen LogP contribution in [0.3, 0.4) is 0 Å². The molecule has 4 rings (SSSR count). The van der Waals surface area contributed by atoms with Crippen LogP contribution in [-0.4, -0.2) is 18.6 Å². The van der Waals surface area contributed by atoms with Gasteiger partial charge in [0.15, 0.2) is 5.60 Å². The molecule has 0 fully saturated rings. The summed E-state index contributed by atoms with van der Waals surface area (Å²) in [7, 11) is -4.10. The molecule has 0 spiro atoms. The molecule has 1 aliphatic rings. The Morgan fingerprint density at radius 1 is 0.933 bits per heavy atom. The Morgan fingerprint density at radius 3 is 2.23 bits per heavy atom. The third-order valence-electron chi connectivity index (χ3n) is 5.17. The zero-order valence-electron chi connectivity index (χ0n) is 17.4. The molecule has 0 bridgehead atoms. The maximum Gasteiger partial charge on any atom is 1.00 e. The van der Waals surface area contributed by atoms with Gasteiger partial charge in [0.2, 0.25) is 0 Å². The molecule has 2 N–H and O–H groups in total. The van der Waals surface area contributed by atoms with Gasteiger partial charge in [0, 0.05) is 20.1 Å². The third kappa shape index (κ3) is 3.66. The van der Waals surface area contributed by atoms with Gasteiger partial charge in [0.25, 0.3) is 10.1 Å².